The monoisotopic (exact) mass is 321 g/mol. The molecule has 1 aromatic rings. The van der Waals surface area contributed by atoms with E-state index in [-0.39, 0.29) is 18.5 Å². The smallest absolute Gasteiger partial charge is 0.232 e. The van der Waals surface area contributed by atoms with E-state index in [9.17, 15) is 8.42 Å². The Morgan fingerprint density at radius 1 is 1.35 bits per heavy atom. The SMILES string of the molecule is CN(c1ccc(OC2CCNCC2)nc1)S(C)(=O)=O.Cl. The molecule has 1 aromatic heterocycles. The molecule has 1 aliphatic rings. The molecule has 0 spiro atoms. The summed E-state index contributed by atoms with van der Waals surface area (Å²) in [4.78, 5) is 4.16. The van der Waals surface area contributed by atoms with Crippen LogP contribution in [0.3, 0.4) is 0 Å². The van der Waals surface area contributed by atoms with Crippen molar-refractivity contribution in [3.63, 3.8) is 0 Å². The average molecular weight is 322 g/mol. The van der Waals surface area contributed by atoms with E-state index in [2.05, 4.69) is 10.3 Å². The highest BCUT2D eigenvalue weighted by Crippen LogP contribution is 2.19. The van der Waals surface area contributed by atoms with E-state index in [1.807, 2.05) is 0 Å². The normalized spacial score (nSPS) is 16.3. The molecule has 8 heteroatoms. The molecule has 1 fully saturated rings. The summed E-state index contributed by atoms with van der Waals surface area (Å²) in [6, 6.07) is 3.41. The number of rotatable bonds is 4. The van der Waals surface area contributed by atoms with Crippen LogP contribution in [0.4, 0.5) is 5.69 Å². The number of aromatic nitrogens is 1. The Hall–Kier alpha value is -1.05. The zero-order chi connectivity index (χ0) is 13.9. The number of ether oxygens (including phenoxy) is 1. The summed E-state index contributed by atoms with van der Waals surface area (Å²) in [6.45, 7) is 1.92. The van der Waals surface area contributed by atoms with E-state index < -0.39 is 10.0 Å². The van der Waals surface area contributed by atoms with Crippen LogP contribution >= 0.6 is 12.4 Å². The maximum Gasteiger partial charge on any atom is 0.232 e. The molecular formula is C12H20ClN3O3S. The van der Waals surface area contributed by atoms with Gasteiger partial charge >= 0.3 is 0 Å². The minimum absolute atomic E-state index is 0. The first kappa shape index (κ1) is 17.0. The molecule has 0 amide bonds. The molecule has 2 heterocycles. The molecule has 0 radical (unpaired) electrons. The van der Waals surface area contributed by atoms with Crippen LogP contribution in [-0.2, 0) is 10.0 Å². The summed E-state index contributed by atoms with van der Waals surface area (Å²) in [5, 5.41) is 3.27. The van der Waals surface area contributed by atoms with Gasteiger partial charge in [-0.05, 0) is 32.0 Å². The maximum atomic E-state index is 11.4. The number of pyridine rings is 1. The van der Waals surface area contributed by atoms with Gasteiger partial charge in [0.05, 0.1) is 18.1 Å². The molecule has 6 nitrogen and oxygen atoms in total. The van der Waals surface area contributed by atoms with E-state index in [1.165, 1.54) is 17.5 Å². The van der Waals surface area contributed by atoms with Gasteiger partial charge in [0.15, 0.2) is 0 Å². The van der Waals surface area contributed by atoms with Gasteiger partial charge in [0.2, 0.25) is 15.9 Å². The number of nitrogens with zero attached hydrogens (tertiary/aromatic N) is 2. The van der Waals surface area contributed by atoms with Crippen LogP contribution in [0.5, 0.6) is 5.88 Å². The van der Waals surface area contributed by atoms with Crippen molar-refractivity contribution < 1.29 is 13.2 Å². The lowest BCUT2D eigenvalue weighted by atomic mass is 10.1. The third-order valence-corrected chi connectivity index (χ3v) is 4.36. The molecule has 0 atom stereocenters. The fourth-order valence-electron chi connectivity index (χ4n) is 1.90. The second kappa shape index (κ2) is 7.10. The van der Waals surface area contributed by atoms with Gasteiger partial charge in [-0.25, -0.2) is 13.4 Å². The van der Waals surface area contributed by atoms with Crippen molar-refractivity contribution in [2.45, 2.75) is 18.9 Å². The van der Waals surface area contributed by atoms with Crippen LogP contribution < -0.4 is 14.4 Å². The van der Waals surface area contributed by atoms with E-state index >= 15 is 0 Å². The quantitative estimate of drug-likeness (QED) is 0.897. The Morgan fingerprint density at radius 3 is 2.50 bits per heavy atom. The minimum atomic E-state index is -3.25. The lowest BCUT2D eigenvalue weighted by Gasteiger charge is -2.23. The number of halogens is 1. The minimum Gasteiger partial charge on any atom is -0.474 e. The molecule has 0 unspecified atom stereocenters. The molecule has 114 valence electrons. The number of hydrogen-bond acceptors (Lipinski definition) is 5. The van der Waals surface area contributed by atoms with Crippen LogP contribution in [0.2, 0.25) is 0 Å². The highest BCUT2D eigenvalue weighted by molar-refractivity contribution is 7.92. The van der Waals surface area contributed by atoms with Crippen LogP contribution in [0.1, 0.15) is 12.8 Å². The van der Waals surface area contributed by atoms with Gasteiger partial charge in [0.25, 0.3) is 0 Å². The van der Waals surface area contributed by atoms with Gasteiger partial charge in [-0.1, -0.05) is 0 Å². The van der Waals surface area contributed by atoms with Gasteiger partial charge in [-0.3, -0.25) is 4.31 Å². The summed E-state index contributed by atoms with van der Waals surface area (Å²) in [5.41, 5.74) is 0.528. The number of hydrogen-bond donors (Lipinski definition) is 1. The van der Waals surface area contributed by atoms with Crippen LogP contribution in [-0.4, -0.2) is 45.9 Å². The zero-order valence-electron chi connectivity index (χ0n) is 11.6. The molecule has 0 saturated carbocycles. The first-order valence-corrected chi connectivity index (χ1v) is 8.09. The zero-order valence-corrected chi connectivity index (χ0v) is 13.2. The maximum absolute atomic E-state index is 11.4. The van der Waals surface area contributed by atoms with Crippen molar-refractivity contribution >= 4 is 28.1 Å². The van der Waals surface area contributed by atoms with Gasteiger partial charge in [-0.2, -0.15) is 0 Å². The lowest BCUT2D eigenvalue weighted by molar-refractivity contribution is 0.156. The van der Waals surface area contributed by atoms with Gasteiger partial charge in [0.1, 0.15) is 6.10 Å². The van der Waals surface area contributed by atoms with Gasteiger partial charge in [-0.15, -0.1) is 12.4 Å². The predicted octanol–water partition coefficient (Wildman–Crippen LogP) is 1.03. The van der Waals surface area contributed by atoms with Gasteiger partial charge in [0, 0.05) is 13.1 Å². The Labute approximate surface area is 126 Å². The molecule has 1 aliphatic heterocycles. The number of nitrogens with one attached hydrogen (secondary N) is 1. The van der Waals surface area contributed by atoms with Crippen molar-refractivity contribution in [2.24, 2.45) is 0 Å². The molecule has 0 aromatic carbocycles. The van der Waals surface area contributed by atoms with E-state index in [1.54, 1.807) is 12.1 Å². The van der Waals surface area contributed by atoms with Crippen molar-refractivity contribution in [1.29, 1.82) is 0 Å². The standard InChI is InChI=1S/C12H19N3O3S.ClH/c1-15(19(2,16)17)10-3-4-12(14-9-10)18-11-5-7-13-8-6-11;/h3-4,9,11,13H,5-8H2,1-2H3;1H. The second-order valence-electron chi connectivity index (χ2n) is 4.65. The van der Waals surface area contributed by atoms with Gasteiger partial charge < -0.3 is 10.1 Å². The summed E-state index contributed by atoms with van der Waals surface area (Å²) in [7, 11) is -1.75. The molecule has 2 rings (SSSR count). The Balaban J connectivity index is 0.00000200. The van der Waals surface area contributed by atoms with Crippen LogP contribution in [0.25, 0.3) is 0 Å². The van der Waals surface area contributed by atoms with E-state index in [0.29, 0.717) is 11.6 Å². The first-order valence-electron chi connectivity index (χ1n) is 6.24. The first-order chi connectivity index (χ1) is 8.97. The number of anilines is 1. The topological polar surface area (TPSA) is 71.5 Å². The largest absolute Gasteiger partial charge is 0.474 e. The highest BCUT2D eigenvalue weighted by atomic mass is 35.5. The van der Waals surface area contributed by atoms with Crippen molar-refractivity contribution in [3.8, 4) is 5.88 Å². The average Bonchev–Trinajstić information content (AvgIpc) is 2.39. The Morgan fingerprint density at radius 2 is 2.00 bits per heavy atom. The van der Waals surface area contributed by atoms with Crippen LogP contribution in [0.15, 0.2) is 18.3 Å². The molecular weight excluding hydrogens is 302 g/mol. The molecule has 20 heavy (non-hydrogen) atoms. The fourth-order valence-corrected chi connectivity index (χ4v) is 2.39. The van der Waals surface area contributed by atoms with Crippen molar-refractivity contribution in [1.82, 2.24) is 10.3 Å². The van der Waals surface area contributed by atoms with Crippen molar-refractivity contribution in [3.05, 3.63) is 18.3 Å². The Kier molecular flexibility index (Phi) is 6.04. The van der Waals surface area contributed by atoms with Crippen LogP contribution in [0, 0.1) is 0 Å². The third kappa shape index (κ3) is 4.50. The summed E-state index contributed by atoms with van der Waals surface area (Å²) < 4.78 is 29.7. The van der Waals surface area contributed by atoms with Crippen molar-refractivity contribution in [2.75, 3.05) is 30.7 Å². The third-order valence-electron chi connectivity index (χ3n) is 3.16. The molecule has 0 aliphatic carbocycles. The van der Waals surface area contributed by atoms with E-state index in [4.69, 9.17) is 4.74 Å². The molecule has 1 N–H and O–H groups in total. The highest BCUT2D eigenvalue weighted by Gasteiger charge is 2.16. The summed E-state index contributed by atoms with van der Waals surface area (Å²) in [5.74, 6) is 0.539. The second-order valence-corrected chi connectivity index (χ2v) is 6.67. The molecule has 1 saturated heterocycles. The van der Waals surface area contributed by atoms with E-state index in [0.717, 1.165) is 32.2 Å². The number of piperidine rings is 1. The summed E-state index contributed by atoms with van der Waals surface area (Å²) >= 11 is 0. The lowest BCUT2D eigenvalue weighted by Crippen LogP contribution is -2.34. The molecule has 0 bridgehead atoms. The Bertz CT molecular complexity index is 515. The predicted molar refractivity (Wildman–Crippen MR) is 81.3 cm³/mol. The fraction of sp³-hybridized carbons (Fsp3) is 0.583. The number of sulfonamides is 1. The summed E-state index contributed by atoms with van der Waals surface area (Å²) in [6.07, 6.45) is 4.79.